The number of fused-ring (bicyclic) bond motifs is 3. The van der Waals surface area contributed by atoms with Crippen molar-refractivity contribution < 1.29 is 14.3 Å². The van der Waals surface area contributed by atoms with E-state index in [9.17, 15) is 14.4 Å². The first-order valence-electron chi connectivity index (χ1n) is 10.6. The molecule has 0 fully saturated rings. The molecule has 32 heavy (non-hydrogen) atoms. The molecule has 6 nitrogen and oxygen atoms in total. The van der Waals surface area contributed by atoms with E-state index in [2.05, 4.69) is 0 Å². The lowest BCUT2D eigenvalue weighted by Gasteiger charge is -2.22. The van der Waals surface area contributed by atoms with E-state index in [0.717, 1.165) is 17.7 Å². The number of carbonyl (C=O) groups is 2. The van der Waals surface area contributed by atoms with Gasteiger partial charge in [0.2, 0.25) is 0 Å². The van der Waals surface area contributed by atoms with Gasteiger partial charge >= 0.3 is 5.97 Å². The summed E-state index contributed by atoms with van der Waals surface area (Å²) in [6.45, 7) is 2.08. The van der Waals surface area contributed by atoms with Crippen molar-refractivity contribution in [1.82, 2.24) is 4.57 Å². The number of anilines is 1. The largest absolute Gasteiger partial charge is 0.451 e. The van der Waals surface area contributed by atoms with E-state index in [1.165, 1.54) is 0 Å². The zero-order chi connectivity index (χ0) is 22.2. The Balaban J connectivity index is 1.41. The first-order valence-corrected chi connectivity index (χ1v) is 10.6. The molecule has 0 saturated carbocycles. The third-order valence-electron chi connectivity index (χ3n) is 5.98. The number of carbonyl (C=O) groups excluding carboxylic acids is 2. The van der Waals surface area contributed by atoms with Gasteiger partial charge in [-0.05, 0) is 49.2 Å². The van der Waals surface area contributed by atoms with Gasteiger partial charge < -0.3 is 14.2 Å². The molecule has 2 heterocycles. The molecule has 0 aliphatic carbocycles. The number of benzene rings is 3. The molecular weight excluding hydrogens is 404 g/mol. The lowest BCUT2D eigenvalue weighted by atomic mass is 10.1. The zero-order valence-electron chi connectivity index (χ0n) is 17.7. The van der Waals surface area contributed by atoms with Gasteiger partial charge in [0.15, 0.2) is 11.5 Å². The molecule has 0 spiro atoms. The number of ether oxygens (including phenoxy) is 1. The minimum absolute atomic E-state index is 0.0722. The molecule has 3 aromatic carbocycles. The van der Waals surface area contributed by atoms with Gasteiger partial charge in [0.05, 0.1) is 11.0 Å². The maximum atomic E-state index is 13.0. The number of rotatable bonds is 4. The molecule has 1 atom stereocenters. The van der Waals surface area contributed by atoms with Gasteiger partial charge in [0.25, 0.3) is 5.91 Å². The van der Waals surface area contributed by atoms with Crippen LogP contribution in [0.1, 0.15) is 12.5 Å². The molecule has 4 aromatic rings. The molecule has 6 heteroatoms. The van der Waals surface area contributed by atoms with Gasteiger partial charge in [0, 0.05) is 23.0 Å². The Morgan fingerprint density at radius 3 is 2.19 bits per heavy atom. The van der Waals surface area contributed by atoms with Gasteiger partial charge in [0.1, 0.15) is 6.54 Å². The first-order chi connectivity index (χ1) is 15.5. The average molecular weight is 426 g/mol. The van der Waals surface area contributed by atoms with Crippen LogP contribution in [0.25, 0.3) is 21.8 Å². The predicted molar refractivity (Wildman–Crippen MR) is 124 cm³/mol. The maximum absolute atomic E-state index is 13.0. The Morgan fingerprint density at radius 2 is 1.50 bits per heavy atom. The Hall–Kier alpha value is -3.93. The topological polar surface area (TPSA) is 68.6 Å². The number of pyridine rings is 1. The number of nitrogens with zero attached hydrogens (tertiary/aromatic N) is 2. The summed E-state index contributed by atoms with van der Waals surface area (Å²) >= 11 is 0. The Bertz CT molecular complexity index is 1360. The standard InChI is InChI=1S/C26H22N2O4/c1-17(26(31)27-15-14-18-8-2-5-11-21(18)27)32-24(29)16-28-22-12-6-3-9-19(22)25(30)20-10-4-7-13-23(20)28/h2-13,17H,14-16H2,1H3. The second-order valence-corrected chi connectivity index (χ2v) is 7.95. The lowest BCUT2D eigenvalue weighted by Crippen LogP contribution is -2.39. The van der Waals surface area contributed by atoms with Crippen LogP contribution in [0.15, 0.2) is 77.6 Å². The average Bonchev–Trinajstić information content (AvgIpc) is 3.25. The van der Waals surface area contributed by atoms with Crippen LogP contribution >= 0.6 is 0 Å². The molecule has 1 amide bonds. The highest BCUT2D eigenvalue weighted by molar-refractivity contribution is 5.99. The van der Waals surface area contributed by atoms with Crippen molar-refractivity contribution in [3.05, 3.63) is 88.6 Å². The third-order valence-corrected chi connectivity index (χ3v) is 5.98. The molecule has 160 valence electrons. The molecule has 0 bridgehead atoms. The van der Waals surface area contributed by atoms with Crippen LogP contribution in [0.3, 0.4) is 0 Å². The number of hydrogen-bond donors (Lipinski definition) is 0. The number of hydrogen-bond acceptors (Lipinski definition) is 4. The SMILES string of the molecule is CC(OC(=O)Cn1c2ccccc2c(=O)c2ccccc21)C(=O)N1CCc2ccccc21. The number of amides is 1. The first kappa shape index (κ1) is 20.0. The molecule has 1 aliphatic heterocycles. The fourth-order valence-corrected chi connectivity index (χ4v) is 4.45. The second kappa shape index (κ2) is 7.96. The fourth-order valence-electron chi connectivity index (χ4n) is 4.45. The van der Waals surface area contributed by atoms with Crippen LogP contribution in [-0.2, 0) is 27.3 Å². The summed E-state index contributed by atoms with van der Waals surface area (Å²) < 4.78 is 7.32. The fraction of sp³-hybridized carbons (Fsp3) is 0.192. The summed E-state index contributed by atoms with van der Waals surface area (Å²) in [5.74, 6) is -0.768. The summed E-state index contributed by atoms with van der Waals surface area (Å²) in [5.41, 5.74) is 3.22. The second-order valence-electron chi connectivity index (χ2n) is 7.95. The minimum atomic E-state index is -0.912. The van der Waals surface area contributed by atoms with E-state index in [4.69, 9.17) is 4.74 Å². The highest BCUT2D eigenvalue weighted by atomic mass is 16.5. The van der Waals surface area contributed by atoms with Crippen LogP contribution in [0.5, 0.6) is 0 Å². The Kier molecular flexibility index (Phi) is 4.98. The van der Waals surface area contributed by atoms with Crippen molar-refractivity contribution in [1.29, 1.82) is 0 Å². The monoisotopic (exact) mass is 426 g/mol. The summed E-state index contributed by atoms with van der Waals surface area (Å²) in [7, 11) is 0. The van der Waals surface area contributed by atoms with Crippen molar-refractivity contribution in [2.45, 2.75) is 26.0 Å². The summed E-state index contributed by atoms with van der Waals surface area (Å²) in [6, 6.07) is 22.2. The van der Waals surface area contributed by atoms with E-state index in [0.29, 0.717) is 28.4 Å². The van der Waals surface area contributed by atoms with Crippen molar-refractivity contribution in [2.24, 2.45) is 0 Å². The van der Waals surface area contributed by atoms with E-state index in [1.54, 1.807) is 40.7 Å². The van der Waals surface area contributed by atoms with Gasteiger partial charge in [-0.2, -0.15) is 0 Å². The zero-order valence-corrected chi connectivity index (χ0v) is 17.7. The van der Waals surface area contributed by atoms with E-state index < -0.39 is 12.1 Å². The molecule has 1 aromatic heterocycles. The van der Waals surface area contributed by atoms with Crippen LogP contribution in [0.4, 0.5) is 5.69 Å². The Morgan fingerprint density at radius 1 is 0.906 bits per heavy atom. The molecule has 0 radical (unpaired) electrons. The van der Waals surface area contributed by atoms with E-state index in [1.807, 2.05) is 48.5 Å². The van der Waals surface area contributed by atoms with Crippen molar-refractivity contribution in [2.75, 3.05) is 11.4 Å². The number of esters is 1. The molecule has 5 rings (SSSR count). The van der Waals surface area contributed by atoms with E-state index >= 15 is 0 Å². The molecule has 0 N–H and O–H groups in total. The predicted octanol–water partition coefficient (Wildman–Crippen LogP) is 3.68. The van der Waals surface area contributed by atoms with Crippen LogP contribution in [0, 0.1) is 0 Å². The summed E-state index contributed by atoms with van der Waals surface area (Å²) in [5, 5.41) is 1.08. The highest BCUT2D eigenvalue weighted by Gasteiger charge is 2.29. The van der Waals surface area contributed by atoms with Crippen LogP contribution < -0.4 is 10.3 Å². The van der Waals surface area contributed by atoms with Crippen molar-refractivity contribution >= 4 is 39.4 Å². The number of aromatic nitrogens is 1. The van der Waals surface area contributed by atoms with Gasteiger partial charge in [-0.25, -0.2) is 0 Å². The molecule has 1 aliphatic rings. The molecular formula is C26H22N2O4. The third kappa shape index (κ3) is 3.34. The van der Waals surface area contributed by atoms with Gasteiger partial charge in [-0.1, -0.05) is 42.5 Å². The quantitative estimate of drug-likeness (QED) is 0.369. The minimum Gasteiger partial charge on any atom is -0.451 e. The molecule has 0 saturated heterocycles. The van der Waals surface area contributed by atoms with Gasteiger partial charge in [-0.3, -0.25) is 14.4 Å². The van der Waals surface area contributed by atoms with Crippen LogP contribution in [-0.4, -0.2) is 29.1 Å². The summed E-state index contributed by atoms with van der Waals surface area (Å²) in [4.78, 5) is 40.4. The highest BCUT2D eigenvalue weighted by Crippen LogP contribution is 2.28. The lowest BCUT2D eigenvalue weighted by molar-refractivity contribution is -0.154. The van der Waals surface area contributed by atoms with Crippen molar-refractivity contribution in [3.63, 3.8) is 0 Å². The van der Waals surface area contributed by atoms with Crippen molar-refractivity contribution in [3.8, 4) is 0 Å². The number of para-hydroxylation sites is 3. The Labute approximate surface area is 184 Å². The maximum Gasteiger partial charge on any atom is 0.326 e. The normalized spacial score (nSPS) is 13.8. The van der Waals surface area contributed by atoms with Crippen LogP contribution in [0.2, 0.25) is 0 Å². The van der Waals surface area contributed by atoms with E-state index in [-0.39, 0.29) is 17.9 Å². The molecule has 1 unspecified atom stereocenters. The summed E-state index contributed by atoms with van der Waals surface area (Å²) in [6.07, 6.45) is -0.122. The smallest absolute Gasteiger partial charge is 0.326 e. The van der Waals surface area contributed by atoms with Gasteiger partial charge in [-0.15, -0.1) is 0 Å².